The zero-order valence-electron chi connectivity index (χ0n) is 90.9. The van der Waals surface area contributed by atoms with E-state index in [2.05, 4.69) is 405 Å². The molecule has 0 aromatic carbocycles. The van der Waals surface area contributed by atoms with E-state index in [0.717, 1.165) is 38.2 Å². The van der Waals surface area contributed by atoms with Crippen LogP contribution in [0, 0.1) is 21.7 Å². The van der Waals surface area contributed by atoms with Crippen LogP contribution in [0.15, 0.2) is 61.7 Å². The maximum absolute atomic E-state index is 4.42. The Hall–Kier alpha value is -3.37. The average molecular weight is 1640 g/mol. The van der Waals surface area contributed by atoms with E-state index < -0.39 is 0 Å². The fraction of sp³-hybridized carbons (Fsp3) is 0.873. The normalized spacial score (nSPS) is 17.8. The fourth-order valence-corrected chi connectivity index (χ4v) is 13.6. The SMILES string of the molecule is CC.CC.CC.CC.CC.CC.CC.CC.CC(C)(C)C1CCCN1C(C)(C)C.CC(C)(C)C1CCNN1C(C)(C)C.CC(C)(C)C1CNCN1C(C)(C)C.CC(C)(C)C1NCCN1C(C)(C)C.CC(C)(C)c1ccnn1C(C)(C)C.CC(C)(C)c1cncn1C(C)(C)C.CC(C)(C)c1nccn1C(C)(C)C.CC(C)(C)n1cccc1. The molecule has 14 nitrogen and oxygen atoms in total. The van der Waals surface area contributed by atoms with Crippen molar-refractivity contribution in [2.75, 3.05) is 39.4 Å². The van der Waals surface area contributed by atoms with Gasteiger partial charge in [-0.05, 0) is 232 Å². The van der Waals surface area contributed by atoms with Crippen molar-refractivity contribution < 1.29 is 0 Å². The molecule has 4 aliphatic rings. The predicted molar refractivity (Wildman–Crippen MR) is 530 cm³/mol. The minimum Gasteiger partial charge on any atom is -0.349 e. The number of hydrazine groups is 1. The van der Waals surface area contributed by atoms with Gasteiger partial charge in [-0.1, -0.05) is 256 Å². The molecule has 14 heteroatoms. The molecule has 0 saturated carbocycles. The third-order valence-corrected chi connectivity index (χ3v) is 19.0. The average Bonchev–Trinajstić information content (AvgIpc) is 1.69. The first-order chi connectivity index (χ1) is 52.2. The van der Waals surface area contributed by atoms with Crippen LogP contribution in [0.1, 0.15) is 459 Å². The molecule has 4 atom stereocenters. The number of nitrogens with one attached hydrogen (secondary N) is 3. The van der Waals surface area contributed by atoms with Crippen LogP contribution in [-0.4, -0.2) is 139 Å². The number of likely N-dealkylation sites (tertiary alicyclic amines) is 1. The maximum atomic E-state index is 4.42. The fourth-order valence-electron chi connectivity index (χ4n) is 13.6. The summed E-state index contributed by atoms with van der Waals surface area (Å²) in [5, 5.41) is 13.8. The molecule has 4 saturated heterocycles. The monoisotopic (exact) mass is 1640 g/mol. The smallest absolute Gasteiger partial charge is 0.114 e. The second-order valence-electron chi connectivity index (χ2n) is 44.7. The minimum atomic E-state index is 0.0755. The van der Waals surface area contributed by atoms with E-state index in [9.17, 15) is 0 Å². The quantitative estimate of drug-likeness (QED) is 0.158. The molecule has 8 rings (SSSR count). The minimum absolute atomic E-state index is 0.0755. The Labute approximate surface area is 731 Å². The van der Waals surface area contributed by atoms with Crippen LogP contribution in [0.25, 0.3) is 0 Å². The van der Waals surface area contributed by atoms with Gasteiger partial charge < -0.3 is 19.0 Å². The molecule has 4 aromatic rings. The molecule has 696 valence electrons. The largest absolute Gasteiger partial charge is 0.349 e. The highest BCUT2D eigenvalue weighted by Crippen LogP contribution is 2.39. The van der Waals surface area contributed by atoms with E-state index in [1.165, 1.54) is 43.7 Å². The Balaban J connectivity index is -0.000000187. The molecule has 0 bridgehead atoms. The molecular weight excluding hydrogens is 1420 g/mol. The Morgan fingerprint density at radius 1 is 0.353 bits per heavy atom. The standard InChI is InChI=1S/C12H25N.C11H24N2.C11H20N2.C11H24N2.C11H20N2.C11H24N2.C11H20N2.C8H13N.8C2H6/c1-11(2,3)10-8-7-9-13(10)12(4,5)6;2*1-10(2,3)9-7-12-8-13(9)11(4,5)6;2*1-10(2,3)9-12-7-8-13(9)11(4,5)6;2*1-10(2,3)9-7-8-12-13(9)11(4,5)6;1-8(2,3)9-6-4-5-7-9;8*1-2/h10H,7-9H2,1-6H3;9,12H,7-8H2,1-6H3;7-8H,1-6H3;9,12H,7-8H2,1-6H3;7-8H,1-6H3;9,12H,7-8H2,1-6H3;7-8H,1-6H3;4-7H,1-3H3;8*1-2H3. The van der Waals surface area contributed by atoms with Gasteiger partial charge in [-0.15, -0.1) is 0 Å². The van der Waals surface area contributed by atoms with E-state index in [4.69, 9.17) is 0 Å². The third-order valence-electron chi connectivity index (χ3n) is 19.0. The van der Waals surface area contributed by atoms with Gasteiger partial charge in [0.2, 0.25) is 0 Å². The zero-order chi connectivity index (χ0) is 94.8. The first-order valence-corrected chi connectivity index (χ1v) is 46.7. The molecule has 0 spiro atoms. The van der Waals surface area contributed by atoms with Crippen molar-refractivity contribution in [2.24, 2.45) is 21.7 Å². The maximum Gasteiger partial charge on any atom is 0.114 e. The van der Waals surface area contributed by atoms with E-state index in [0.29, 0.717) is 45.4 Å². The third kappa shape index (κ3) is 49.7. The van der Waals surface area contributed by atoms with Crippen molar-refractivity contribution in [3.8, 4) is 0 Å². The molecule has 0 radical (unpaired) electrons. The number of nitrogens with zero attached hydrogens (tertiary/aromatic N) is 11. The van der Waals surface area contributed by atoms with Crippen molar-refractivity contribution in [1.29, 1.82) is 0 Å². The summed E-state index contributed by atoms with van der Waals surface area (Å²) < 4.78 is 8.78. The van der Waals surface area contributed by atoms with Crippen molar-refractivity contribution in [1.82, 2.24) is 69.2 Å². The Bertz CT molecular complexity index is 2420. The van der Waals surface area contributed by atoms with Crippen LogP contribution in [0.5, 0.6) is 0 Å². The number of rotatable bonds is 0. The van der Waals surface area contributed by atoms with Gasteiger partial charge >= 0.3 is 0 Å². The lowest BCUT2D eigenvalue weighted by molar-refractivity contribution is 0.0183. The second kappa shape index (κ2) is 55.7. The van der Waals surface area contributed by atoms with E-state index >= 15 is 0 Å². The van der Waals surface area contributed by atoms with Crippen molar-refractivity contribution in [3.05, 3.63) is 78.9 Å². The van der Waals surface area contributed by atoms with E-state index in [-0.39, 0.29) is 55.0 Å². The van der Waals surface area contributed by atoms with Crippen LogP contribution in [0.3, 0.4) is 0 Å². The van der Waals surface area contributed by atoms with E-state index in [1.54, 1.807) is 0 Å². The number of hydrogen-bond acceptors (Lipinski definition) is 10. The molecule has 4 unspecified atom stereocenters. The summed E-state index contributed by atoms with van der Waals surface area (Å²) in [7, 11) is 0. The highest BCUT2D eigenvalue weighted by atomic mass is 15.6. The summed E-state index contributed by atoms with van der Waals surface area (Å²) in [6.07, 6.45) is 18.4. The topological polar surface area (TPSA) is 107 Å². The van der Waals surface area contributed by atoms with Gasteiger partial charge in [-0.25, -0.2) is 15.0 Å². The predicted octanol–water partition coefficient (Wildman–Crippen LogP) is 29.1. The van der Waals surface area contributed by atoms with Crippen molar-refractivity contribution in [2.45, 2.75) is 526 Å². The van der Waals surface area contributed by atoms with Gasteiger partial charge in [-0.3, -0.25) is 30.1 Å². The molecule has 4 aliphatic heterocycles. The van der Waals surface area contributed by atoms with Gasteiger partial charge in [0.05, 0.1) is 18.0 Å². The van der Waals surface area contributed by atoms with Gasteiger partial charge in [0.15, 0.2) is 0 Å². The molecule has 4 aromatic heterocycles. The molecule has 3 N–H and O–H groups in total. The van der Waals surface area contributed by atoms with Crippen LogP contribution in [0.2, 0.25) is 0 Å². The molecule has 116 heavy (non-hydrogen) atoms. The van der Waals surface area contributed by atoms with Gasteiger partial charge in [0.25, 0.3) is 0 Å². The zero-order valence-corrected chi connectivity index (χ0v) is 90.9. The van der Waals surface area contributed by atoms with Crippen LogP contribution in [0.4, 0.5) is 0 Å². The Kier molecular flexibility index (Phi) is 61.5. The highest BCUT2D eigenvalue weighted by molar-refractivity contribution is 5.15. The summed E-state index contributed by atoms with van der Waals surface area (Å²) in [6, 6.07) is 8.29. The molecule has 8 heterocycles. The van der Waals surface area contributed by atoms with Crippen LogP contribution < -0.4 is 16.1 Å². The highest BCUT2D eigenvalue weighted by Gasteiger charge is 2.43. The van der Waals surface area contributed by atoms with Crippen LogP contribution >= 0.6 is 0 Å². The summed E-state index contributed by atoms with van der Waals surface area (Å²) in [6.45, 7) is 140. The van der Waals surface area contributed by atoms with Gasteiger partial charge in [-0.2, -0.15) is 5.10 Å². The summed E-state index contributed by atoms with van der Waals surface area (Å²) in [5.41, 5.74) is 9.73. The van der Waals surface area contributed by atoms with Gasteiger partial charge in [0.1, 0.15) is 5.82 Å². The molecule has 0 amide bonds. The Morgan fingerprint density at radius 2 is 0.759 bits per heavy atom. The summed E-state index contributed by atoms with van der Waals surface area (Å²) >= 11 is 0. The van der Waals surface area contributed by atoms with Crippen molar-refractivity contribution >= 4 is 0 Å². The van der Waals surface area contributed by atoms with E-state index in [1.807, 2.05) is 148 Å². The summed E-state index contributed by atoms with van der Waals surface area (Å²) in [4.78, 5) is 16.4. The molecular formula is C102H218N14. The molecule has 0 aliphatic carbocycles. The summed E-state index contributed by atoms with van der Waals surface area (Å²) in [5.74, 6) is 1.15. The lowest BCUT2D eigenvalue weighted by atomic mass is 9.83. The number of hydrogen-bond donors (Lipinski definition) is 3. The number of imidazole rings is 2. The number of aromatic nitrogens is 7. The first kappa shape index (κ1) is 128. The lowest BCUT2D eigenvalue weighted by Gasteiger charge is -2.43. The lowest BCUT2D eigenvalue weighted by Crippen LogP contribution is -2.54. The van der Waals surface area contributed by atoms with Gasteiger partial charge in [0, 0.05) is 155 Å². The molecule has 4 fully saturated rings. The van der Waals surface area contributed by atoms with Crippen LogP contribution in [-0.2, 0) is 38.4 Å². The van der Waals surface area contributed by atoms with Crippen molar-refractivity contribution in [3.63, 3.8) is 0 Å². The Morgan fingerprint density at radius 3 is 1.02 bits per heavy atom. The first-order valence-electron chi connectivity index (χ1n) is 46.7. The second-order valence-corrected chi connectivity index (χ2v) is 44.7.